The van der Waals surface area contributed by atoms with E-state index in [4.69, 9.17) is 9.47 Å². The van der Waals surface area contributed by atoms with Gasteiger partial charge in [0, 0.05) is 5.56 Å². The monoisotopic (exact) mass is 471 g/mol. The Morgan fingerprint density at radius 1 is 1.09 bits per heavy atom. The van der Waals surface area contributed by atoms with Gasteiger partial charge in [0.15, 0.2) is 6.29 Å². The Morgan fingerprint density at radius 3 is 2.36 bits per heavy atom. The lowest BCUT2D eigenvalue weighted by Gasteiger charge is -2.40. The van der Waals surface area contributed by atoms with E-state index < -0.39 is 61.5 Å². The maximum absolute atomic E-state index is 12.7. The molecule has 33 heavy (non-hydrogen) atoms. The molecule has 0 spiro atoms. The first-order valence-corrected chi connectivity index (χ1v) is 11.3. The summed E-state index contributed by atoms with van der Waals surface area (Å²) in [5.74, 6) is -0.489. The minimum Gasteiger partial charge on any atom is -0.394 e. The van der Waals surface area contributed by atoms with Crippen molar-refractivity contribution >= 4 is 5.91 Å². The lowest BCUT2D eigenvalue weighted by atomic mass is 9.98. The summed E-state index contributed by atoms with van der Waals surface area (Å²) in [6.45, 7) is 2.92. The highest BCUT2D eigenvalue weighted by atomic mass is 16.7. The summed E-state index contributed by atoms with van der Waals surface area (Å²) in [4.78, 5) is 12.7. The first-order valence-electron chi connectivity index (χ1n) is 11.3. The normalized spacial score (nSPS) is 28.2. The third kappa shape index (κ3) is 7.69. The Balaban J connectivity index is 2.10. The topological polar surface area (TPSA) is 169 Å². The van der Waals surface area contributed by atoms with Crippen LogP contribution >= 0.6 is 0 Å². The van der Waals surface area contributed by atoms with E-state index in [1.54, 1.807) is 24.3 Å². The molecule has 1 saturated heterocycles. The van der Waals surface area contributed by atoms with Gasteiger partial charge in [-0.3, -0.25) is 4.79 Å². The fraction of sp³-hybridized carbons (Fsp3) is 0.696. The molecule has 2 rings (SSSR count). The van der Waals surface area contributed by atoms with E-state index in [1.165, 1.54) is 0 Å². The molecule has 1 aliphatic heterocycles. The summed E-state index contributed by atoms with van der Waals surface area (Å²) >= 11 is 0. The van der Waals surface area contributed by atoms with Crippen LogP contribution in [0, 0.1) is 6.92 Å². The van der Waals surface area contributed by atoms with E-state index in [1.807, 2.05) is 13.8 Å². The molecule has 7 N–H and O–H groups in total. The number of aliphatic hydroxyl groups is 6. The molecule has 1 amide bonds. The number of nitrogens with one attached hydrogen (secondary N) is 1. The van der Waals surface area contributed by atoms with Gasteiger partial charge in [0.25, 0.3) is 5.91 Å². The van der Waals surface area contributed by atoms with Crippen molar-refractivity contribution < 1.29 is 44.9 Å². The number of carbonyl (C=O) groups excluding carboxylic acids is 1. The largest absolute Gasteiger partial charge is 0.394 e. The van der Waals surface area contributed by atoms with E-state index >= 15 is 0 Å². The first kappa shape index (κ1) is 27.6. The summed E-state index contributed by atoms with van der Waals surface area (Å²) in [6, 6.07) is 5.73. The fourth-order valence-corrected chi connectivity index (χ4v) is 3.63. The lowest BCUT2D eigenvalue weighted by Crippen LogP contribution is -2.60. The second-order valence-corrected chi connectivity index (χ2v) is 8.53. The van der Waals surface area contributed by atoms with Gasteiger partial charge in [-0.05, 0) is 25.5 Å². The number of amides is 1. The van der Waals surface area contributed by atoms with E-state index in [9.17, 15) is 35.4 Å². The third-order valence-corrected chi connectivity index (χ3v) is 5.83. The van der Waals surface area contributed by atoms with Gasteiger partial charge in [0.1, 0.15) is 30.5 Å². The maximum atomic E-state index is 12.7. The SMILES string of the molecule is CCCCC[C@@H](O)[C@@H](O)[C@H](COC1OC(CO)C(O)C(O)C1O)NC(=O)c1ccc(C)cc1. The molecule has 1 heterocycles. The van der Waals surface area contributed by atoms with Crippen molar-refractivity contribution in [1.82, 2.24) is 5.32 Å². The van der Waals surface area contributed by atoms with Gasteiger partial charge in [0.2, 0.25) is 0 Å². The standard InChI is InChI=1S/C23H37NO9/c1-3-4-5-6-16(26)18(27)15(24-22(31)14-9-7-13(2)8-10-14)12-32-23-21(30)20(29)19(28)17(11-25)33-23/h7-10,15-21,23,25-30H,3-6,11-12H2,1-2H3,(H,24,31)/t15-,16+,17?,18-,19?,20?,21?,23?/m0/s1. The molecule has 0 aromatic heterocycles. The van der Waals surface area contributed by atoms with Gasteiger partial charge < -0.3 is 45.4 Å². The van der Waals surface area contributed by atoms with Gasteiger partial charge in [-0.1, -0.05) is 43.9 Å². The van der Waals surface area contributed by atoms with Gasteiger partial charge in [-0.25, -0.2) is 0 Å². The van der Waals surface area contributed by atoms with Crippen LogP contribution in [0.1, 0.15) is 48.5 Å². The van der Waals surface area contributed by atoms with Crippen molar-refractivity contribution in [2.45, 2.75) is 88.5 Å². The zero-order valence-electron chi connectivity index (χ0n) is 19.1. The predicted molar refractivity (Wildman–Crippen MR) is 118 cm³/mol. The zero-order valence-corrected chi connectivity index (χ0v) is 19.1. The van der Waals surface area contributed by atoms with E-state index in [2.05, 4.69) is 5.32 Å². The number of aliphatic hydroxyl groups excluding tert-OH is 6. The second kappa shape index (κ2) is 13.3. The number of rotatable bonds is 12. The molecule has 0 aliphatic carbocycles. The Bertz CT molecular complexity index is 714. The quantitative estimate of drug-likeness (QED) is 0.193. The Hall–Kier alpha value is -1.63. The molecule has 5 unspecified atom stereocenters. The van der Waals surface area contributed by atoms with Gasteiger partial charge >= 0.3 is 0 Å². The Kier molecular flexibility index (Phi) is 11.1. The van der Waals surface area contributed by atoms with Crippen LogP contribution < -0.4 is 5.32 Å². The number of benzene rings is 1. The molecular weight excluding hydrogens is 434 g/mol. The van der Waals surface area contributed by atoms with Crippen molar-refractivity contribution in [2.24, 2.45) is 0 Å². The molecule has 10 nitrogen and oxygen atoms in total. The molecule has 188 valence electrons. The van der Waals surface area contributed by atoms with Crippen LogP contribution in [0.25, 0.3) is 0 Å². The van der Waals surface area contributed by atoms with Crippen LogP contribution in [0.3, 0.4) is 0 Å². The smallest absolute Gasteiger partial charge is 0.251 e. The van der Waals surface area contributed by atoms with Crippen molar-refractivity contribution in [1.29, 1.82) is 0 Å². The number of hydrogen-bond donors (Lipinski definition) is 7. The second-order valence-electron chi connectivity index (χ2n) is 8.53. The van der Waals surface area contributed by atoms with Crippen LogP contribution in [-0.2, 0) is 9.47 Å². The number of carbonyl (C=O) groups is 1. The molecular formula is C23H37NO9. The molecule has 1 aromatic rings. The molecule has 0 bridgehead atoms. The number of ether oxygens (including phenoxy) is 2. The van der Waals surface area contributed by atoms with Crippen LogP contribution in [0.4, 0.5) is 0 Å². The Labute approximate surface area is 193 Å². The number of unbranched alkanes of at least 4 members (excludes halogenated alkanes) is 2. The van der Waals surface area contributed by atoms with E-state index in [0.29, 0.717) is 18.4 Å². The highest BCUT2D eigenvalue weighted by molar-refractivity contribution is 5.94. The first-order chi connectivity index (χ1) is 15.7. The minimum absolute atomic E-state index is 0.325. The van der Waals surface area contributed by atoms with Gasteiger partial charge in [-0.2, -0.15) is 0 Å². The van der Waals surface area contributed by atoms with E-state index in [-0.39, 0.29) is 6.61 Å². The van der Waals surface area contributed by atoms with Gasteiger partial charge in [-0.15, -0.1) is 0 Å². The molecule has 0 saturated carbocycles. The van der Waals surface area contributed by atoms with Gasteiger partial charge in [0.05, 0.1) is 25.4 Å². The minimum atomic E-state index is -1.62. The average molecular weight is 472 g/mol. The van der Waals surface area contributed by atoms with Crippen molar-refractivity contribution in [3.8, 4) is 0 Å². The molecule has 1 aromatic carbocycles. The summed E-state index contributed by atoms with van der Waals surface area (Å²) in [5, 5.41) is 63.1. The number of hydrogen-bond acceptors (Lipinski definition) is 9. The van der Waals surface area contributed by atoms with Crippen molar-refractivity contribution in [3.05, 3.63) is 35.4 Å². The molecule has 1 aliphatic rings. The molecule has 10 heteroatoms. The summed E-state index contributed by atoms with van der Waals surface area (Å²) in [5.41, 5.74) is 1.33. The number of aryl methyl sites for hydroxylation is 1. The molecule has 8 atom stereocenters. The van der Waals surface area contributed by atoms with Crippen LogP contribution in [0.5, 0.6) is 0 Å². The van der Waals surface area contributed by atoms with Crippen LogP contribution in [0.15, 0.2) is 24.3 Å². The molecule has 0 radical (unpaired) electrons. The van der Waals surface area contributed by atoms with Crippen molar-refractivity contribution in [2.75, 3.05) is 13.2 Å². The van der Waals surface area contributed by atoms with Crippen molar-refractivity contribution in [3.63, 3.8) is 0 Å². The van der Waals surface area contributed by atoms with Crippen LogP contribution in [-0.4, -0.2) is 98.7 Å². The summed E-state index contributed by atoms with van der Waals surface area (Å²) in [6.07, 6.45) is -7.02. The van der Waals surface area contributed by atoms with E-state index in [0.717, 1.165) is 18.4 Å². The fourth-order valence-electron chi connectivity index (χ4n) is 3.63. The molecule has 1 fully saturated rings. The lowest BCUT2D eigenvalue weighted by molar-refractivity contribution is -0.303. The average Bonchev–Trinajstić information content (AvgIpc) is 2.81. The highest BCUT2D eigenvalue weighted by Crippen LogP contribution is 2.22. The predicted octanol–water partition coefficient (Wildman–Crippen LogP) is -0.788. The maximum Gasteiger partial charge on any atom is 0.251 e. The Morgan fingerprint density at radius 2 is 1.76 bits per heavy atom. The van der Waals surface area contributed by atoms with Crippen LogP contribution in [0.2, 0.25) is 0 Å². The third-order valence-electron chi connectivity index (χ3n) is 5.83. The summed E-state index contributed by atoms with van der Waals surface area (Å²) < 4.78 is 10.8. The summed E-state index contributed by atoms with van der Waals surface area (Å²) in [7, 11) is 0. The zero-order chi connectivity index (χ0) is 24.5. The highest BCUT2D eigenvalue weighted by Gasteiger charge is 2.44.